The summed E-state index contributed by atoms with van der Waals surface area (Å²) in [6.45, 7) is 1.42. The van der Waals surface area contributed by atoms with Crippen molar-refractivity contribution in [3.63, 3.8) is 0 Å². The van der Waals surface area contributed by atoms with Crippen LogP contribution in [0.15, 0.2) is 18.3 Å². The third kappa shape index (κ3) is 1.93. The largest absolute Gasteiger partial charge is 0.382 e. The Kier molecular flexibility index (Phi) is 2.06. The van der Waals surface area contributed by atoms with Gasteiger partial charge in [-0.05, 0) is 12.1 Å². The molecule has 0 aliphatic heterocycles. The van der Waals surface area contributed by atoms with E-state index >= 15 is 0 Å². The van der Waals surface area contributed by atoms with Crippen LogP contribution in [0.2, 0.25) is 0 Å². The number of hydrogen-bond donors (Lipinski definition) is 2. The second kappa shape index (κ2) is 3.01. The van der Waals surface area contributed by atoms with Gasteiger partial charge in [-0.25, -0.2) is 4.98 Å². The van der Waals surface area contributed by atoms with E-state index in [4.69, 9.17) is 5.73 Å². The molecule has 1 aromatic heterocycles. The minimum absolute atomic E-state index is 0.148. The molecule has 11 heavy (non-hydrogen) atoms. The highest BCUT2D eigenvalue weighted by molar-refractivity contribution is 5.91. The first-order valence-corrected chi connectivity index (χ1v) is 3.18. The molecule has 4 heteroatoms. The molecule has 58 valence electrons. The molecule has 1 aromatic rings. The summed E-state index contributed by atoms with van der Waals surface area (Å²) in [6.07, 6.45) is 1.57. The molecular weight excluding hydrogens is 142 g/mol. The molecule has 0 unspecified atom stereocenters. The van der Waals surface area contributed by atoms with Crippen LogP contribution in [0.1, 0.15) is 6.92 Å². The van der Waals surface area contributed by atoms with Crippen LogP contribution < -0.4 is 11.1 Å². The number of nitrogens with one attached hydrogen (secondary N) is 1. The molecule has 1 heterocycles. The third-order valence-corrected chi connectivity index (χ3v) is 1.15. The smallest absolute Gasteiger partial charge is 0.221 e. The van der Waals surface area contributed by atoms with E-state index in [0.29, 0.717) is 11.5 Å². The monoisotopic (exact) mass is 151 g/mol. The molecule has 0 fully saturated rings. The molecule has 0 saturated heterocycles. The van der Waals surface area contributed by atoms with Gasteiger partial charge in [-0.2, -0.15) is 0 Å². The third-order valence-electron chi connectivity index (χ3n) is 1.15. The van der Waals surface area contributed by atoms with Crippen molar-refractivity contribution in [3.05, 3.63) is 18.3 Å². The van der Waals surface area contributed by atoms with Gasteiger partial charge in [0.05, 0.1) is 5.69 Å². The zero-order valence-corrected chi connectivity index (χ0v) is 6.16. The summed E-state index contributed by atoms with van der Waals surface area (Å²) in [5.41, 5.74) is 6.00. The van der Waals surface area contributed by atoms with E-state index in [1.807, 2.05) is 0 Å². The summed E-state index contributed by atoms with van der Waals surface area (Å²) in [7, 11) is 0. The van der Waals surface area contributed by atoms with Crippen LogP contribution in [0.4, 0.5) is 11.5 Å². The Morgan fingerprint density at radius 2 is 2.45 bits per heavy atom. The van der Waals surface area contributed by atoms with Crippen LogP contribution in [0.5, 0.6) is 0 Å². The Morgan fingerprint density at radius 3 is 3.00 bits per heavy atom. The van der Waals surface area contributed by atoms with E-state index in [1.54, 1.807) is 18.3 Å². The van der Waals surface area contributed by atoms with E-state index in [9.17, 15) is 4.79 Å². The van der Waals surface area contributed by atoms with Crippen LogP contribution in [-0.2, 0) is 4.79 Å². The summed E-state index contributed by atoms with van der Waals surface area (Å²) < 4.78 is 0. The van der Waals surface area contributed by atoms with Gasteiger partial charge in [-0.15, -0.1) is 0 Å². The summed E-state index contributed by atoms with van der Waals surface area (Å²) in [4.78, 5) is 14.4. The normalized spacial score (nSPS) is 9.18. The van der Waals surface area contributed by atoms with Crippen LogP contribution in [0, 0.1) is 0 Å². The minimum atomic E-state index is -0.148. The fourth-order valence-corrected chi connectivity index (χ4v) is 0.713. The molecule has 0 aliphatic rings. The molecule has 0 aliphatic carbocycles. The highest BCUT2D eigenvalue weighted by Crippen LogP contribution is 2.12. The van der Waals surface area contributed by atoms with Crippen molar-refractivity contribution in [1.82, 2.24) is 4.98 Å². The number of pyridine rings is 1. The van der Waals surface area contributed by atoms with Crippen LogP contribution in [-0.4, -0.2) is 10.9 Å². The first-order chi connectivity index (χ1) is 5.20. The molecule has 0 atom stereocenters. The molecule has 4 nitrogen and oxygen atoms in total. The van der Waals surface area contributed by atoms with Gasteiger partial charge in [-0.1, -0.05) is 0 Å². The summed E-state index contributed by atoms with van der Waals surface area (Å²) in [5.74, 6) is 0.187. The van der Waals surface area contributed by atoms with E-state index in [0.717, 1.165) is 0 Å². The van der Waals surface area contributed by atoms with Gasteiger partial charge in [0.15, 0.2) is 0 Å². The number of nitrogens with zero attached hydrogens (tertiary/aromatic N) is 1. The zero-order chi connectivity index (χ0) is 8.27. The molecule has 0 radical (unpaired) electrons. The second-order valence-corrected chi connectivity index (χ2v) is 2.12. The number of nitrogen functional groups attached to an aromatic ring is 1. The lowest BCUT2D eigenvalue weighted by Gasteiger charge is -2.02. The lowest BCUT2D eigenvalue weighted by atomic mass is 10.4. The van der Waals surface area contributed by atoms with Crippen molar-refractivity contribution in [2.45, 2.75) is 6.92 Å². The molecule has 0 saturated carbocycles. The Bertz CT molecular complexity index is 272. The number of hydrogen-bond acceptors (Lipinski definition) is 3. The predicted octanol–water partition coefficient (Wildman–Crippen LogP) is 0.622. The lowest BCUT2D eigenvalue weighted by molar-refractivity contribution is -0.114. The van der Waals surface area contributed by atoms with Crippen molar-refractivity contribution in [2.24, 2.45) is 0 Å². The molecule has 1 rings (SSSR count). The maximum atomic E-state index is 10.6. The van der Waals surface area contributed by atoms with Crippen molar-refractivity contribution >= 4 is 17.4 Å². The van der Waals surface area contributed by atoms with Gasteiger partial charge in [-0.3, -0.25) is 4.79 Å². The average Bonchev–Trinajstić information content (AvgIpc) is 1.93. The number of amides is 1. The molecule has 0 aromatic carbocycles. The van der Waals surface area contributed by atoms with Gasteiger partial charge < -0.3 is 11.1 Å². The van der Waals surface area contributed by atoms with E-state index < -0.39 is 0 Å². The fraction of sp³-hybridized carbons (Fsp3) is 0.143. The number of anilines is 2. The SMILES string of the molecule is CC(=O)Nc1cccnc1N. The molecule has 0 spiro atoms. The van der Waals surface area contributed by atoms with Crippen LogP contribution in [0.25, 0.3) is 0 Å². The Balaban J connectivity index is 2.86. The number of carbonyl (C=O) groups excluding carboxylic acids is 1. The Morgan fingerprint density at radius 1 is 1.73 bits per heavy atom. The first-order valence-electron chi connectivity index (χ1n) is 3.18. The Labute approximate surface area is 64.4 Å². The number of aromatic nitrogens is 1. The van der Waals surface area contributed by atoms with Crippen molar-refractivity contribution in [1.29, 1.82) is 0 Å². The van der Waals surface area contributed by atoms with Crippen LogP contribution in [0.3, 0.4) is 0 Å². The topological polar surface area (TPSA) is 68.0 Å². The maximum Gasteiger partial charge on any atom is 0.221 e. The second-order valence-electron chi connectivity index (χ2n) is 2.12. The standard InChI is InChI=1S/C7H9N3O/c1-5(11)10-6-3-2-4-9-7(6)8/h2-4H,1H3,(H2,8,9)(H,10,11). The first kappa shape index (κ1) is 7.53. The van der Waals surface area contributed by atoms with Crippen LogP contribution >= 0.6 is 0 Å². The van der Waals surface area contributed by atoms with Crippen molar-refractivity contribution in [3.8, 4) is 0 Å². The minimum Gasteiger partial charge on any atom is -0.382 e. The number of carbonyl (C=O) groups is 1. The van der Waals surface area contributed by atoms with E-state index in [2.05, 4.69) is 10.3 Å². The Hall–Kier alpha value is -1.58. The molecule has 1 amide bonds. The van der Waals surface area contributed by atoms with Gasteiger partial charge >= 0.3 is 0 Å². The molecular formula is C7H9N3O. The summed E-state index contributed by atoms with van der Waals surface area (Å²) >= 11 is 0. The predicted molar refractivity (Wildman–Crippen MR) is 43.0 cm³/mol. The number of rotatable bonds is 1. The van der Waals surface area contributed by atoms with Gasteiger partial charge in [0.25, 0.3) is 0 Å². The van der Waals surface area contributed by atoms with Crippen molar-refractivity contribution in [2.75, 3.05) is 11.1 Å². The summed E-state index contributed by atoms with van der Waals surface area (Å²) in [6, 6.07) is 3.41. The highest BCUT2D eigenvalue weighted by Gasteiger charge is 1.98. The lowest BCUT2D eigenvalue weighted by Crippen LogP contribution is -2.08. The van der Waals surface area contributed by atoms with E-state index in [1.165, 1.54) is 6.92 Å². The average molecular weight is 151 g/mol. The van der Waals surface area contributed by atoms with E-state index in [-0.39, 0.29) is 5.91 Å². The van der Waals surface area contributed by atoms with Crippen molar-refractivity contribution < 1.29 is 4.79 Å². The molecule has 0 bridgehead atoms. The van der Waals surface area contributed by atoms with Gasteiger partial charge in [0.2, 0.25) is 5.91 Å². The zero-order valence-electron chi connectivity index (χ0n) is 6.16. The molecule has 3 N–H and O–H groups in total. The number of nitrogens with two attached hydrogens (primary N) is 1. The fourth-order valence-electron chi connectivity index (χ4n) is 0.713. The van der Waals surface area contributed by atoms with Gasteiger partial charge in [0.1, 0.15) is 5.82 Å². The summed E-state index contributed by atoms with van der Waals surface area (Å²) in [5, 5.41) is 2.55. The van der Waals surface area contributed by atoms with Gasteiger partial charge in [0, 0.05) is 13.1 Å². The quantitative estimate of drug-likeness (QED) is 0.618. The maximum absolute atomic E-state index is 10.6. The highest BCUT2D eigenvalue weighted by atomic mass is 16.1.